The van der Waals surface area contributed by atoms with E-state index in [-0.39, 0.29) is 17.7 Å². The van der Waals surface area contributed by atoms with Crippen molar-refractivity contribution in [2.75, 3.05) is 6.54 Å². The molecule has 0 spiro atoms. The predicted octanol–water partition coefficient (Wildman–Crippen LogP) is 4.98. The van der Waals surface area contributed by atoms with E-state index in [9.17, 15) is 5.11 Å². The molecule has 3 nitrogen and oxygen atoms in total. The van der Waals surface area contributed by atoms with Gasteiger partial charge in [-0.05, 0) is 48.0 Å². The number of nitrogens with one attached hydrogen (secondary N) is 1. The molecule has 5 heteroatoms. The first-order chi connectivity index (χ1) is 13.6. The first kappa shape index (κ1) is 17.6. The lowest BCUT2D eigenvalue weighted by molar-refractivity contribution is -0.692. The Morgan fingerprint density at radius 3 is 2.54 bits per heavy atom. The Morgan fingerprint density at radius 2 is 1.75 bits per heavy atom. The highest BCUT2D eigenvalue weighted by Crippen LogP contribution is 2.41. The first-order valence-corrected chi connectivity index (χ1v) is 10.0. The van der Waals surface area contributed by atoms with Gasteiger partial charge in [-0.25, -0.2) is 0 Å². The number of H-pyrrole nitrogens is 1. The van der Waals surface area contributed by atoms with Gasteiger partial charge in [0, 0.05) is 32.1 Å². The van der Waals surface area contributed by atoms with E-state index in [0.717, 1.165) is 23.2 Å². The lowest BCUT2D eigenvalue weighted by atomic mass is 9.83. The van der Waals surface area contributed by atoms with Crippen molar-refractivity contribution in [3.05, 3.63) is 99.2 Å². The van der Waals surface area contributed by atoms with Gasteiger partial charge in [-0.1, -0.05) is 47.5 Å². The van der Waals surface area contributed by atoms with Crippen LogP contribution in [0, 0.1) is 0 Å². The molecular weight excluding hydrogens is 391 g/mol. The monoisotopic (exact) mass is 409 g/mol. The number of fused-ring (bicyclic) bond motifs is 3. The van der Waals surface area contributed by atoms with Crippen molar-refractivity contribution in [2.45, 2.75) is 12.0 Å². The minimum absolute atomic E-state index is 0.144. The standard InChI is InChI=1S/C23H18Cl2N2O/c24-14-7-10-16(19(25)11-14)18-12-26-22(13-5-8-15(28)9-6-13)23-21(18)17-3-1-2-4-20(17)27-23/h1-11,18,22,26-28H,12H2/p+1/t18-,22+/m1/s1. The highest BCUT2D eigenvalue weighted by molar-refractivity contribution is 6.35. The number of hydrogen-bond donors (Lipinski definition) is 3. The molecule has 0 fully saturated rings. The third-order valence-corrected chi connectivity index (χ3v) is 6.20. The zero-order valence-electron chi connectivity index (χ0n) is 15.0. The number of aromatic amines is 1. The van der Waals surface area contributed by atoms with Crippen LogP contribution in [0.4, 0.5) is 0 Å². The number of hydrogen-bond acceptors (Lipinski definition) is 1. The van der Waals surface area contributed by atoms with Crippen molar-refractivity contribution in [1.82, 2.24) is 4.98 Å². The number of aromatic hydroxyl groups is 1. The average Bonchev–Trinajstić information content (AvgIpc) is 3.08. The summed E-state index contributed by atoms with van der Waals surface area (Å²) in [6, 6.07) is 21.8. The minimum atomic E-state index is 0.144. The number of phenolic OH excluding ortho intramolecular Hbond substituents is 1. The highest BCUT2D eigenvalue weighted by atomic mass is 35.5. The molecule has 0 unspecified atom stereocenters. The second kappa shape index (κ2) is 6.85. The Morgan fingerprint density at radius 1 is 0.964 bits per heavy atom. The molecule has 0 bridgehead atoms. The molecule has 0 saturated heterocycles. The van der Waals surface area contributed by atoms with Gasteiger partial charge in [0.2, 0.25) is 0 Å². The molecule has 0 aliphatic carbocycles. The molecule has 1 aliphatic heterocycles. The second-order valence-electron chi connectivity index (χ2n) is 7.26. The van der Waals surface area contributed by atoms with Gasteiger partial charge >= 0.3 is 0 Å². The first-order valence-electron chi connectivity index (χ1n) is 9.29. The molecule has 0 radical (unpaired) electrons. The van der Waals surface area contributed by atoms with Crippen LogP contribution in [0.2, 0.25) is 10.0 Å². The van der Waals surface area contributed by atoms with Gasteiger partial charge in [-0.15, -0.1) is 0 Å². The summed E-state index contributed by atoms with van der Waals surface area (Å²) in [5, 5.41) is 14.6. The average molecular weight is 410 g/mol. The highest BCUT2D eigenvalue weighted by Gasteiger charge is 2.36. The molecule has 5 rings (SSSR count). The third-order valence-electron chi connectivity index (χ3n) is 5.63. The molecule has 2 atom stereocenters. The fraction of sp³-hybridized carbons (Fsp3) is 0.130. The van der Waals surface area contributed by atoms with E-state index in [1.54, 1.807) is 12.1 Å². The number of phenols is 1. The van der Waals surface area contributed by atoms with Crippen LogP contribution in [-0.4, -0.2) is 16.6 Å². The summed E-state index contributed by atoms with van der Waals surface area (Å²) < 4.78 is 0. The van der Waals surface area contributed by atoms with E-state index >= 15 is 0 Å². The molecule has 4 N–H and O–H groups in total. The van der Waals surface area contributed by atoms with Crippen LogP contribution in [-0.2, 0) is 0 Å². The van der Waals surface area contributed by atoms with Crippen molar-refractivity contribution >= 4 is 34.1 Å². The fourth-order valence-corrected chi connectivity index (χ4v) is 4.90. The van der Waals surface area contributed by atoms with E-state index < -0.39 is 0 Å². The molecule has 1 aromatic heterocycles. The summed E-state index contributed by atoms with van der Waals surface area (Å²) in [6.07, 6.45) is 0. The van der Waals surface area contributed by atoms with Crippen molar-refractivity contribution in [1.29, 1.82) is 0 Å². The Kier molecular flexibility index (Phi) is 4.31. The van der Waals surface area contributed by atoms with Crippen LogP contribution in [0.1, 0.15) is 34.3 Å². The molecule has 0 saturated carbocycles. The molecule has 2 heterocycles. The number of rotatable bonds is 2. The maximum atomic E-state index is 9.66. The quantitative estimate of drug-likeness (QED) is 0.429. The van der Waals surface area contributed by atoms with Crippen molar-refractivity contribution in [3.8, 4) is 5.75 Å². The molecule has 28 heavy (non-hydrogen) atoms. The summed E-state index contributed by atoms with van der Waals surface area (Å²) >= 11 is 12.7. The van der Waals surface area contributed by atoms with E-state index in [2.05, 4.69) is 28.5 Å². The van der Waals surface area contributed by atoms with Crippen LogP contribution in [0.3, 0.4) is 0 Å². The number of nitrogens with two attached hydrogens (primary N) is 1. The summed E-state index contributed by atoms with van der Waals surface area (Å²) in [5.41, 5.74) is 5.86. The van der Waals surface area contributed by atoms with Gasteiger partial charge in [0.05, 0.1) is 18.2 Å². The number of para-hydroxylation sites is 1. The number of aromatic nitrogens is 1. The molecular formula is C23H19Cl2N2O+. The summed E-state index contributed by atoms with van der Waals surface area (Å²) in [6.45, 7) is 0.877. The fourth-order valence-electron chi connectivity index (χ4n) is 4.36. The van der Waals surface area contributed by atoms with Gasteiger partial charge in [0.1, 0.15) is 5.75 Å². The molecule has 140 valence electrons. The molecule has 3 aromatic carbocycles. The maximum absolute atomic E-state index is 9.66. The van der Waals surface area contributed by atoms with Gasteiger partial charge in [-0.3, -0.25) is 0 Å². The topological polar surface area (TPSA) is 52.6 Å². The lowest BCUT2D eigenvalue weighted by Crippen LogP contribution is -2.88. The molecule has 4 aromatic rings. The van der Waals surface area contributed by atoms with Crippen molar-refractivity contribution in [2.24, 2.45) is 0 Å². The summed E-state index contributed by atoms with van der Waals surface area (Å²) in [7, 11) is 0. The van der Waals surface area contributed by atoms with Gasteiger partial charge in [0.25, 0.3) is 0 Å². The number of halogens is 2. The lowest BCUT2D eigenvalue weighted by Gasteiger charge is -2.29. The predicted molar refractivity (Wildman–Crippen MR) is 113 cm³/mol. The van der Waals surface area contributed by atoms with Gasteiger partial charge in [-0.2, -0.15) is 0 Å². The molecule has 1 aliphatic rings. The zero-order chi connectivity index (χ0) is 19.3. The molecule has 0 amide bonds. The van der Waals surface area contributed by atoms with Crippen molar-refractivity contribution < 1.29 is 10.4 Å². The normalized spacial score (nSPS) is 18.9. The maximum Gasteiger partial charge on any atom is 0.153 e. The Bertz CT molecular complexity index is 1170. The van der Waals surface area contributed by atoms with E-state index in [4.69, 9.17) is 23.2 Å². The summed E-state index contributed by atoms with van der Waals surface area (Å²) in [4.78, 5) is 3.65. The van der Waals surface area contributed by atoms with Gasteiger partial charge in [0.15, 0.2) is 6.04 Å². The number of benzene rings is 3. The van der Waals surface area contributed by atoms with Crippen LogP contribution in [0.5, 0.6) is 5.75 Å². The Labute approximate surface area is 172 Å². The van der Waals surface area contributed by atoms with E-state index in [0.29, 0.717) is 10.0 Å². The summed E-state index contributed by atoms with van der Waals surface area (Å²) in [5.74, 6) is 0.450. The van der Waals surface area contributed by atoms with E-state index in [1.807, 2.05) is 36.4 Å². The Balaban J connectivity index is 1.71. The van der Waals surface area contributed by atoms with Crippen LogP contribution in [0.15, 0.2) is 66.7 Å². The van der Waals surface area contributed by atoms with Crippen LogP contribution >= 0.6 is 23.2 Å². The Hall–Kier alpha value is -2.46. The largest absolute Gasteiger partial charge is 0.508 e. The zero-order valence-corrected chi connectivity index (χ0v) is 16.5. The SMILES string of the molecule is Oc1ccc([C@@H]2[NH2+]C[C@H](c3ccc(Cl)cc3Cl)c3c2[nH]c2ccccc32)cc1. The minimum Gasteiger partial charge on any atom is -0.508 e. The van der Waals surface area contributed by atoms with Crippen LogP contribution < -0.4 is 5.32 Å². The smallest absolute Gasteiger partial charge is 0.153 e. The van der Waals surface area contributed by atoms with E-state index in [1.165, 1.54) is 16.6 Å². The number of quaternary nitrogens is 1. The van der Waals surface area contributed by atoms with Gasteiger partial charge < -0.3 is 15.4 Å². The van der Waals surface area contributed by atoms with Crippen LogP contribution in [0.25, 0.3) is 10.9 Å². The second-order valence-corrected chi connectivity index (χ2v) is 8.10. The van der Waals surface area contributed by atoms with Crippen molar-refractivity contribution in [3.63, 3.8) is 0 Å². The third kappa shape index (κ3) is 2.87.